The molecule has 1 aromatic heterocycles. The van der Waals surface area contributed by atoms with E-state index < -0.39 is 11.6 Å². The minimum absolute atomic E-state index is 0.0889. The van der Waals surface area contributed by atoms with Crippen LogP contribution in [0.2, 0.25) is 0 Å². The summed E-state index contributed by atoms with van der Waals surface area (Å²) in [5, 5.41) is 0. The molecule has 0 spiro atoms. The third-order valence-corrected chi connectivity index (χ3v) is 3.69. The maximum atomic E-state index is 14.3. The van der Waals surface area contributed by atoms with Gasteiger partial charge >= 0.3 is 0 Å². The van der Waals surface area contributed by atoms with Crippen LogP contribution >= 0.6 is 0 Å². The molecule has 0 bridgehead atoms. The van der Waals surface area contributed by atoms with Crippen molar-refractivity contribution in [2.75, 3.05) is 38.1 Å². The number of nitrogens with zero attached hydrogens (tertiary/aromatic N) is 4. The number of hydrogen-bond acceptors (Lipinski definition) is 4. The molecule has 1 aliphatic rings. The van der Waals surface area contributed by atoms with Gasteiger partial charge in [-0.15, -0.1) is 0 Å². The van der Waals surface area contributed by atoms with Gasteiger partial charge < -0.3 is 9.80 Å². The topological polar surface area (TPSA) is 32.3 Å². The number of halogens is 2. The maximum Gasteiger partial charge on any atom is 0.162 e. The number of rotatable bonds is 2. The lowest BCUT2D eigenvalue weighted by Crippen LogP contribution is -2.44. The van der Waals surface area contributed by atoms with Gasteiger partial charge in [0.25, 0.3) is 0 Å². The van der Waals surface area contributed by atoms with Crippen LogP contribution in [0.3, 0.4) is 0 Å². The normalized spacial score (nSPS) is 16.2. The average Bonchev–Trinajstić information content (AvgIpc) is 2.51. The minimum atomic E-state index is -0.503. The first-order chi connectivity index (χ1) is 10.1. The molecular formula is C15H16F2N4. The third kappa shape index (κ3) is 2.85. The first-order valence-electron chi connectivity index (χ1n) is 6.85. The highest BCUT2D eigenvalue weighted by Crippen LogP contribution is 2.28. The van der Waals surface area contributed by atoms with Gasteiger partial charge in [0.1, 0.15) is 11.6 Å². The standard InChI is InChI=1S/C15H16F2N4/c1-20-5-7-21(8-6-20)14-10-12(16)11(9-13(14)17)15-18-3-2-4-19-15/h2-4,9-10H,5-8H2,1H3. The van der Waals surface area contributed by atoms with Gasteiger partial charge in [-0.2, -0.15) is 0 Å². The van der Waals surface area contributed by atoms with Crippen LogP contribution in [0.15, 0.2) is 30.6 Å². The van der Waals surface area contributed by atoms with Crippen LogP contribution in [-0.2, 0) is 0 Å². The first kappa shape index (κ1) is 13.9. The van der Waals surface area contributed by atoms with Gasteiger partial charge in [-0.05, 0) is 19.2 Å². The molecule has 3 rings (SSSR count). The molecule has 2 aromatic rings. The van der Waals surface area contributed by atoms with Crippen LogP contribution < -0.4 is 4.90 Å². The van der Waals surface area contributed by atoms with Gasteiger partial charge in [0.2, 0.25) is 0 Å². The van der Waals surface area contributed by atoms with Crippen molar-refractivity contribution < 1.29 is 8.78 Å². The zero-order chi connectivity index (χ0) is 14.8. The van der Waals surface area contributed by atoms with Crippen LogP contribution in [0.25, 0.3) is 11.4 Å². The molecule has 0 amide bonds. The van der Waals surface area contributed by atoms with Crippen molar-refractivity contribution in [1.82, 2.24) is 14.9 Å². The minimum Gasteiger partial charge on any atom is -0.367 e. The molecule has 2 heterocycles. The first-order valence-corrected chi connectivity index (χ1v) is 6.85. The van der Waals surface area contributed by atoms with Crippen LogP contribution in [0.4, 0.5) is 14.5 Å². The molecule has 1 fully saturated rings. The Bertz CT molecular complexity index is 625. The fourth-order valence-electron chi connectivity index (χ4n) is 2.44. The van der Waals surface area contributed by atoms with Crippen molar-refractivity contribution in [1.29, 1.82) is 0 Å². The quantitative estimate of drug-likeness (QED) is 0.848. The number of hydrogen-bond donors (Lipinski definition) is 0. The summed E-state index contributed by atoms with van der Waals surface area (Å²) in [6.45, 7) is 3.05. The third-order valence-electron chi connectivity index (χ3n) is 3.69. The van der Waals surface area contributed by atoms with Crippen molar-refractivity contribution in [2.45, 2.75) is 0 Å². The molecule has 0 saturated carbocycles. The van der Waals surface area contributed by atoms with Crippen LogP contribution in [0.5, 0.6) is 0 Å². The summed E-state index contributed by atoms with van der Waals surface area (Å²) in [6.07, 6.45) is 3.02. The zero-order valence-corrected chi connectivity index (χ0v) is 11.8. The number of anilines is 1. The van der Waals surface area contributed by atoms with E-state index in [9.17, 15) is 8.78 Å². The Hall–Kier alpha value is -2.08. The lowest BCUT2D eigenvalue weighted by atomic mass is 10.1. The maximum absolute atomic E-state index is 14.3. The summed E-state index contributed by atoms with van der Waals surface area (Å²) < 4.78 is 28.6. The van der Waals surface area contributed by atoms with E-state index in [0.29, 0.717) is 18.8 Å². The van der Waals surface area contributed by atoms with E-state index >= 15 is 0 Å². The lowest BCUT2D eigenvalue weighted by molar-refractivity contribution is 0.311. The Morgan fingerprint density at radius 1 is 0.952 bits per heavy atom. The second kappa shape index (κ2) is 5.73. The Balaban J connectivity index is 1.93. The van der Waals surface area contributed by atoms with Crippen LogP contribution in [-0.4, -0.2) is 48.1 Å². The van der Waals surface area contributed by atoms with Gasteiger partial charge in [0, 0.05) is 44.6 Å². The molecule has 1 aromatic carbocycles. The van der Waals surface area contributed by atoms with Crippen LogP contribution in [0, 0.1) is 11.6 Å². The molecule has 110 valence electrons. The Morgan fingerprint density at radius 3 is 2.29 bits per heavy atom. The highest BCUT2D eigenvalue weighted by molar-refractivity contribution is 5.62. The summed E-state index contributed by atoms with van der Waals surface area (Å²) in [5.41, 5.74) is 0.395. The van der Waals surface area contributed by atoms with E-state index in [1.807, 2.05) is 11.9 Å². The molecule has 1 aliphatic heterocycles. The Morgan fingerprint density at radius 2 is 1.62 bits per heavy atom. The number of benzene rings is 1. The lowest BCUT2D eigenvalue weighted by Gasteiger charge is -2.34. The van der Waals surface area contributed by atoms with E-state index in [4.69, 9.17) is 0 Å². The highest BCUT2D eigenvalue weighted by atomic mass is 19.1. The average molecular weight is 290 g/mol. The Kier molecular flexibility index (Phi) is 3.79. The van der Waals surface area contributed by atoms with Crippen molar-refractivity contribution in [2.24, 2.45) is 0 Å². The molecule has 0 N–H and O–H groups in total. The van der Waals surface area contributed by atoms with Gasteiger partial charge in [-0.3, -0.25) is 0 Å². The number of likely N-dealkylation sites (N-methyl/N-ethyl adjacent to an activating group) is 1. The van der Waals surface area contributed by atoms with Gasteiger partial charge in [0.15, 0.2) is 5.82 Å². The van der Waals surface area contributed by atoms with Gasteiger partial charge in [-0.1, -0.05) is 0 Å². The molecule has 6 heteroatoms. The molecule has 0 radical (unpaired) electrons. The fourth-order valence-corrected chi connectivity index (χ4v) is 2.44. The molecule has 0 unspecified atom stereocenters. The van der Waals surface area contributed by atoms with E-state index in [-0.39, 0.29) is 11.4 Å². The van der Waals surface area contributed by atoms with Crippen molar-refractivity contribution >= 4 is 5.69 Å². The van der Waals surface area contributed by atoms with Gasteiger partial charge in [-0.25, -0.2) is 18.7 Å². The summed E-state index contributed by atoms with van der Waals surface area (Å²) in [6, 6.07) is 4.06. The number of piperazine rings is 1. The van der Waals surface area contributed by atoms with E-state index in [1.165, 1.54) is 24.5 Å². The van der Waals surface area contributed by atoms with E-state index in [2.05, 4.69) is 14.9 Å². The van der Waals surface area contributed by atoms with E-state index in [0.717, 1.165) is 13.1 Å². The summed E-state index contributed by atoms with van der Waals surface area (Å²) >= 11 is 0. The van der Waals surface area contributed by atoms with Crippen molar-refractivity contribution in [3.63, 3.8) is 0 Å². The van der Waals surface area contributed by atoms with E-state index in [1.54, 1.807) is 6.07 Å². The molecule has 21 heavy (non-hydrogen) atoms. The predicted molar refractivity (Wildman–Crippen MR) is 77.1 cm³/mol. The molecule has 4 nitrogen and oxygen atoms in total. The highest BCUT2D eigenvalue weighted by Gasteiger charge is 2.20. The second-order valence-corrected chi connectivity index (χ2v) is 5.15. The smallest absolute Gasteiger partial charge is 0.162 e. The Labute approximate surface area is 122 Å². The number of aromatic nitrogens is 2. The van der Waals surface area contributed by atoms with Gasteiger partial charge in [0.05, 0.1) is 11.3 Å². The molecular weight excluding hydrogens is 274 g/mol. The summed E-state index contributed by atoms with van der Waals surface area (Å²) in [5.74, 6) is -0.751. The van der Waals surface area contributed by atoms with Crippen LogP contribution in [0.1, 0.15) is 0 Å². The fraction of sp³-hybridized carbons (Fsp3) is 0.333. The molecule has 0 aliphatic carbocycles. The summed E-state index contributed by atoms with van der Waals surface area (Å²) in [7, 11) is 2.02. The predicted octanol–water partition coefficient (Wildman–Crippen LogP) is 2.17. The zero-order valence-electron chi connectivity index (χ0n) is 11.8. The van der Waals surface area contributed by atoms with Crippen molar-refractivity contribution in [3.05, 3.63) is 42.2 Å². The molecule has 1 saturated heterocycles. The monoisotopic (exact) mass is 290 g/mol. The summed E-state index contributed by atoms with van der Waals surface area (Å²) in [4.78, 5) is 12.0. The SMILES string of the molecule is CN1CCN(c2cc(F)c(-c3ncccn3)cc2F)CC1. The molecule has 0 atom stereocenters. The van der Waals surface area contributed by atoms with Crippen molar-refractivity contribution in [3.8, 4) is 11.4 Å². The largest absolute Gasteiger partial charge is 0.367 e. The second-order valence-electron chi connectivity index (χ2n) is 5.15.